The predicted octanol–water partition coefficient (Wildman–Crippen LogP) is 4.00. The molecule has 0 aliphatic rings. The van der Waals surface area contributed by atoms with Gasteiger partial charge in [-0.1, -0.05) is 41.9 Å². The molecule has 1 amide bonds. The highest BCUT2D eigenvalue weighted by Crippen LogP contribution is 2.22. The molecule has 4 heteroatoms. The van der Waals surface area contributed by atoms with E-state index in [1.807, 2.05) is 42.6 Å². The maximum absolute atomic E-state index is 12.1. The van der Waals surface area contributed by atoms with Crippen LogP contribution in [0.5, 0.6) is 0 Å². The molecule has 0 spiro atoms. The molecule has 0 fully saturated rings. The first-order valence-corrected chi connectivity index (χ1v) is 6.71. The van der Waals surface area contributed by atoms with E-state index < -0.39 is 0 Å². The van der Waals surface area contributed by atoms with Gasteiger partial charge in [-0.15, -0.1) is 0 Å². The average Bonchev–Trinajstić information content (AvgIpc) is 2.85. The number of hydrogen-bond acceptors (Lipinski definition) is 1. The molecule has 0 aliphatic carbocycles. The summed E-state index contributed by atoms with van der Waals surface area (Å²) in [4.78, 5) is 15.3. The standard InChI is InChI=1S/C16H13ClN2O/c17-13-6-2-4-8-15(13)19-16(20)9-11-10-18-14-7-3-1-5-12(11)14/h1-8,10,18H,9H2,(H,19,20). The zero-order valence-electron chi connectivity index (χ0n) is 10.7. The van der Waals surface area contributed by atoms with Gasteiger partial charge in [0.05, 0.1) is 17.1 Å². The highest BCUT2D eigenvalue weighted by molar-refractivity contribution is 6.33. The molecule has 100 valence electrons. The fourth-order valence-electron chi connectivity index (χ4n) is 2.21. The lowest BCUT2D eigenvalue weighted by Crippen LogP contribution is -2.14. The smallest absolute Gasteiger partial charge is 0.228 e. The number of aromatic amines is 1. The molecule has 3 aromatic rings. The van der Waals surface area contributed by atoms with Gasteiger partial charge < -0.3 is 10.3 Å². The zero-order valence-corrected chi connectivity index (χ0v) is 11.4. The van der Waals surface area contributed by atoms with Crippen LogP contribution in [0.2, 0.25) is 5.02 Å². The van der Waals surface area contributed by atoms with E-state index in [0.29, 0.717) is 17.1 Å². The number of carbonyl (C=O) groups excluding carboxylic acids is 1. The summed E-state index contributed by atoms with van der Waals surface area (Å²) in [5.41, 5.74) is 2.65. The molecule has 0 aliphatic heterocycles. The molecule has 20 heavy (non-hydrogen) atoms. The predicted molar refractivity (Wildman–Crippen MR) is 82.1 cm³/mol. The largest absolute Gasteiger partial charge is 0.361 e. The second-order valence-corrected chi connectivity index (χ2v) is 4.97. The van der Waals surface area contributed by atoms with Gasteiger partial charge in [-0.05, 0) is 23.8 Å². The highest BCUT2D eigenvalue weighted by Gasteiger charge is 2.09. The van der Waals surface area contributed by atoms with E-state index >= 15 is 0 Å². The fraction of sp³-hybridized carbons (Fsp3) is 0.0625. The van der Waals surface area contributed by atoms with Crippen molar-refractivity contribution >= 4 is 34.1 Å². The topological polar surface area (TPSA) is 44.9 Å². The van der Waals surface area contributed by atoms with Crippen molar-refractivity contribution in [1.29, 1.82) is 0 Å². The number of H-pyrrole nitrogens is 1. The van der Waals surface area contributed by atoms with Gasteiger partial charge in [0, 0.05) is 17.1 Å². The number of benzene rings is 2. The number of para-hydroxylation sites is 2. The molecule has 0 bridgehead atoms. The van der Waals surface area contributed by atoms with Gasteiger partial charge in [-0.3, -0.25) is 4.79 Å². The summed E-state index contributed by atoms with van der Waals surface area (Å²) in [7, 11) is 0. The average molecular weight is 285 g/mol. The van der Waals surface area contributed by atoms with Crippen LogP contribution in [0.3, 0.4) is 0 Å². The van der Waals surface area contributed by atoms with Crippen LogP contribution in [0, 0.1) is 0 Å². The van der Waals surface area contributed by atoms with Gasteiger partial charge in [0.2, 0.25) is 5.91 Å². The molecule has 3 nitrogen and oxygen atoms in total. The van der Waals surface area contributed by atoms with Gasteiger partial charge in [0.15, 0.2) is 0 Å². The number of aromatic nitrogens is 1. The van der Waals surface area contributed by atoms with Crippen molar-refractivity contribution in [2.45, 2.75) is 6.42 Å². The van der Waals surface area contributed by atoms with Crippen LogP contribution in [-0.2, 0) is 11.2 Å². The second kappa shape index (κ2) is 5.39. The lowest BCUT2D eigenvalue weighted by Gasteiger charge is -2.06. The van der Waals surface area contributed by atoms with E-state index in [1.54, 1.807) is 12.1 Å². The third-order valence-corrected chi connectivity index (χ3v) is 3.50. The Labute approximate surface area is 121 Å². The van der Waals surface area contributed by atoms with Crippen LogP contribution in [-0.4, -0.2) is 10.9 Å². The van der Waals surface area contributed by atoms with E-state index in [-0.39, 0.29) is 5.91 Å². The highest BCUT2D eigenvalue weighted by atomic mass is 35.5. The maximum atomic E-state index is 12.1. The van der Waals surface area contributed by atoms with Crippen LogP contribution in [0.25, 0.3) is 10.9 Å². The number of anilines is 1. The minimum absolute atomic E-state index is 0.0807. The number of fused-ring (bicyclic) bond motifs is 1. The molecule has 0 saturated carbocycles. The van der Waals surface area contributed by atoms with Crippen molar-refractivity contribution in [2.75, 3.05) is 5.32 Å². The molecular formula is C16H13ClN2O. The normalized spacial score (nSPS) is 10.7. The van der Waals surface area contributed by atoms with E-state index in [9.17, 15) is 4.79 Å². The fourth-order valence-corrected chi connectivity index (χ4v) is 2.39. The van der Waals surface area contributed by atoms with Crippen LogP contribution < -0.4 is 5.32 Å². The monoisotopic (exact) mass is 284 g/mol. The Morgan fingerprint density at radius 1 is 1.10 bits per heavy atom. The summed E-state index contributed by atoms with van der Waals surface area (Å²) in [6, 6.07) is 15.1. The number of rotatable bonds is 3. The molecule has 0 saturated heterocycles. The maximum Gasteiger partial charge on any atom is 0.228 e. The second-order valence-electron chi connectivity index (χ2n) is 4.56. The third-order valence-electron chi connectivity index (χ3n) is 3.17. The van der Waals surface area contributed by atoms with Crippen molar-refractivity contribution in [3.05, 3.63) is 65.3 Å². The van der Waals surface area contributed by atoms with E-state index in [4.69, 9.17) is 11.6 Å². The Kier molecular flexibility index (Phi) is 3.44. The molecule has 3 rings (SSSR count). The van der Waals surface area contributed by atoms with E-state index in [2.05, 4.69) is 10.3 Å². The van der Waals surface area contributed by atoms with Gasteiger partial charge >= 0.3 is 0 Å². The number of halogens is 1. The van der Waals surface area contributed by atoms with Crippen LogP contribution in [0.15, 0.2) is 54.7 Å². The van der Waals surface area contributed by atoms with Crippen LogP contribution >= 0.6 is 11.6 Å². The molecule has 1 aromatic heterocycles. The Hall–Kier alpha value is -2.26. The third kappa shape index (κ3) is 2.53. The summed E-state index contributed by atoms with van der Waals surface area (Å²) in [6.07, 6.45) is 2.19. The molecule has 2 aromatic carbocycles. The number of amides is 1. The van der Waals surface area contributed by atoms with Crippen molar-refractivity contribution in [3.63, 3.8) is 0 Å². The first kappa shape index (κ1) is 12.8. The Balaban J connectivity index is 1.78. The molecular weight excluding hydrogens is 272 g/mol. The lowest BCUT2D eigenvalue weighted by molar-refractivity contribution is -0.115. The summed E-state index contributed by atoms with van der Waals surface area (Å²) in [6.45, 7) is 0. The minimum atomic E-state index is -0.0807. The van der Waals surface area contributed by atoms with Crippen molar-refractivity contribution in [1.82, 2.24) is 4.98 Å². The summed E-state index contributed by atoms with van der Waals surface area (Å²) >= 11 is 6.02. The van der Waals surface area contributed by atoms with Crippen molar-refractivity contribution < 1.29 is 4.79 Å². The van der Waals surface area contributed by atoms with Gasteiger partial charge in [0.1, 0.15) is 0 Å². The first-order valence-electron chi connectivity index (χ1n) is 6.33. The number of hydrogen-bond donors (Lipinski definition) is 2. The molecule has 0 unspecified atom stereocenters. The van der Waals surface area contributed by atoms with Crippen LogP contribution in [0.4, 0.5) is 5.69 Å². The Bertz CT molecular complexity index is 764. The van der Waals surface area contributed by atoms with Gasteiger partial charge in [0.25, 0.3) is 0 Å². The quantitative estimate of drug-likeness (QED) is 0.750. The number of nitrogens with one attached hydrogen (secondary N) is 2. The van der Waals surface area contributed by atoms with Gasteiger partial charge in [-0.25, -0.2) is 0 Å². The minimum Gasteiger partial charge on any atom is -0.361 e. The zero-order chi connectivity index (χ0) is 13.9. The van der Waals surface area contributed by atoms with Crippen LogP contribution in [0.1, 0.15) is 5.56 Å². The Morgan fingerprint density at radius 2 is 1.85 bits per heavy atom. The SMILES string of the molecule is O=C(Cc1c[nH]c2ccccc12)Nc1ccccc1Cl. The molecule has 1 heterocycles. The summed E-state index contributed by atoms with van der Waals surface area (Å²) in [5, 5.41) is 4.44. The summed E-state index contributed by atoms with van der Waals surface area (Å²) in [5.74, 6) is -0.0807. The number of carbonyl (C=O) groups is 1. The van der Waals surface area contributed by atoms with Gasteiger partial charge in [-0.2, -0.15) is 0 Å². The van der Waals surface area contributed by atoms with Crippen molar-refractivity contribution in [2.24, 2.45) is 0 Å². The molecule has 0 atom stereocenters. The van der Waals surface area contributed by atoms with E-state index in [0.717, 1.165) is 16.5 Å². The molecule has 0 radical (unpaired) electrons. The molecule has 2 N–H and O–H groups in total. The van der Waals surface area contributed by atoms with Crippen molar-refractivity contribution in [3.8, 4) is 0 Å². The summed E-state index contributed by atoms with van der Waals surface area (Å²) < 4.78 is 0. The lowest BCUT2D eigenvalue weighted by atomic mass is 10.1. The first-order chi connectivity index (χ1) is 9.74. The van der Waals surface area contributed by atoms with E-state index in [1.165, 1.54) is 0 Å². The Morgan fingerprint density at radius 3 is 2.70 bits per heavy atom.